The Morgan fingerprint density at radius 2 is 2.05 bits per heavy atom. The summed E-state index contributed by atoms with van der Waals surface area (Å²) in [6.07, 6.45) is 0. The Morgan fingerprint density at radius 3 is 2.55 bits per heavy atom. The fourth-order valence-electron chi connectivity index (χ4n) is 2.32. The average Bonchev–Trinajstić information content (AvgIpc) is 2.73. The molecule has 1 fully saturated rings. The number of hydrogen-bond acceptors (Lipinski definition) is 5. The van der Waals surface area contributed by atoms with Gasteiger partial charge >= 0.3 is 5.97 Å². The molecule has 0 saturated carbocycles. The van der Waals surface area contributed by atoms with Crippen molar-refractivity contribution in [3.63, 3.8) is 0 Å². The molecule has 1 aromatic carbocycles. The van der Waals surface area contributed by atoms with Gasteiger partial charge < -0.3 is 14.6 Å². The SMILES string of the molecule is COc1ccc(OC)c(C2N[C@@H](C(=O)O)C(C)(C)S2)c1. The summed E-state index contributed by atoms with van der Waals surface area (Å²) in [4.78, 5) is 11.3. The average molecular weight is 297 g/mol. The number of aliphatic carboxylic acids is 1. The van der Waals surface area contributed by atoms with E-state index in [0.29, 0.717) is 0 Å². The van der Waals surface area contributed by atoms with Crippen molar-refractivity contribution < 1.29 is 19.4 Å². The lowest BCUT2D eigenvalue weighted by Gasteiger charge is -2.20. The summed E-state index contributed by atoms with van der Waals surface area (Å²) in [5.41, 5.74) is 0.897. The van der Waals surface area contributed by atoms with Crippen LogP contribution in [0.25, 0.3) is 0 Å². The quantitative estimate of drug-likeness (QED) is 0.888. The second-order valence-corrected chi connectivity index (χ2v) is 6.91. The van der Waals surface area contributed by atoms with Gasteiger partial charge in [-0.15, -0.1) is 11.8 Å². The van der Waals surface area contributed by atoms with Crippen LogP contribution < -0.4 is 14.8 Å². The van der Waals surface area contributed by atoms with Crippen LogP contribution in [0.4, 0.5) is 0 Å². The summed E-state index contributed by atoms with van der Waals surface area (Å²) < 4.78 is 10.2. The van der Waals surface area contributed by atoms with Crippen molar-refractivity contribution >= 4 is 17.7 Å². The first-order valence-electron chi connectivity index (χ1n) is 6.27. The number of rotatable bonds is 4. The van der Waals surface area contributed by atoms with Gasteiger partial charge in [0, 0.05) is 10.3 Å². The molecule has 0 aromatic heterocycles. The minimum absolute atomic E-state index is 0.142. The lowest BCUT2D eigenvalue weighted by atomic mass is 10.0. The third-order valence-electron chi connectivity index (χ3n) is 3.40. The third kappa shape index (κ3) is 2.71. The Hall–Kier alpha value is -1.40. The standard InChI is InChI=1S/C14H19NO4S/c1-14(2)11(13(16)17)15-12(20-14)9-7-8(18-3)5-6-10(9)19-4/h5-7,11-12,15H,1-4H3,(H,16,17)/t11-,12?/m0/s1. The van der Waals surface area contributed by atoms with Gasteiger partial charge in [0.1, 0.15) is 17.5 Å². The summed E-state index contributed by atoms with van der Waals surface area (Å²) >= 11 is 1.58. The second kappa shape index (κ2) is 5.54. The van der Waals surface area contributed by atoms with E-state index in [1.807, 2.05) is 32.0 Å². The first-order chi connectivity index (χ1) is 9.39. The number of hydrogen-bond donors (Lipinski definition) is 2. The predicted octanol–water partition coefficient (Wildman–Crippen LogP) is 2.27. The number of ether oxygens (including phenoxy) is 2. The summed E-state index contributed by atoms with van der Waals surface area (Å²) in [6.45, 7) is 3.85. The topological polar surface area (TPSA) is 67.8 Å². The van der Waals surface area contributed by atoms with Crippen molar-refractivity contribution in [2.45, 2.75) is 30.0 Å². The Balaban J connectivity index is 2.35. The van der Waals surface area contributed by atoms with Crippen LogP contribution in [0.15, 0.2) is 18.2 Å². The molecule has 0 amide bonds. The molecule has 5 nitrogen and oxygen atoms in total. The van der Waals surface area contributed by atoms with Crippen molar-refractivity contribution in [2.75, 3.05) is 14.2 Å². The fourth-order valence-corrected chi connectivity index (χ4v) is 3.75. The summed E-state index contributed by atoms with van der Waals surface area (Å²) in [5, 5.41) is 12.3. The van der Waals surface area contributed by atoms with Crippen molar-refractivity contribution in [2.24, 2.45) is 0 Å². The molecule has 2 rings (SSSR count). The van der Waals surface area contributed by atoms with E-state index in [0.717, 1.165) is 17.1 Å². The Bertz CT molecular complexity index is 518. The van der Waals surface area contributed by atoms with E-state index < -0.39 is 16.8 Å². The van der Waals surface area contributed by atoms with E-state index in [-0.39, 0.29) is 5.37 Å². The fraction of sp³-hybridized carbons (Fsp3) is 0.500. The minimum Gasteiger partial charge on any atom is -0.497 e. The zero-order chi connectivity index (χ0) is 14.9. The van der Waals surface area contributed by atoms with Crippen LogP contribution in [0.1, 0.15) is 24.8 Å². The highest BCUT2D eigenvalue weighted by molar-refractivity contribution is 8.01. The zero-order valence-electron chi connectivity index (χ0n) is 12.0. The Morgan fingerprint density at radius 1 is 1.35 bits per heavy atom. The van der Waals surface area contributed by atoms with Gasteiger partial charge in [-0.1, -0.05) is 0 Å². The predicted molar refractivity (Wildman–Crippen MR) is 78.5 cm³/mol. The van der Waals surface area contributed by atoms with Gasteiger partial charge in [-0.3, -0.25) is 10.1 Å². The minimum atomic E-state index is -0.841. The van der Waals surface area contributed by atoms with E-state index in [4.69, 9.17) is 9.47 Å². The first-order valence-corrected chi connectivity index (χ1v) is 7.15. The smallest absolute Gasteiger partial charge is 0.322 e. The number of carboxylic acids is 1. The molecule has 1 aromatic rings. The molecule has 0 radical (unpaired) electrons. The molecule has 110 valence electrons. The van der Waals surface area contributed by atoms with Gasteiger partial charge in [0.15, 0.2) is 0 Å². The second-order valence-electron chi connectivity index (χ2n) is 5.15. The Kier molecular flexibility index (Phi) is 4.15. The van der Waals surface area contributed by atoms with Gasteiger partial charge in [-0.2, -0.15) is 0 Å². The van der Waals surface area contributed by atoms with Gasteiger partial charge in [0.25, 0.3) is 0 Å². The molecule has 1 saturated heterocycles. The molecule has 1 aliphatic heterocycles. The van der Waals surface area contributed by atoms with E-state index in [1.165, 1.54) is 0 Å². The third-order valence-corrected chi connectivity index (χ3v) is 4.87. The molecular weight excluding hydrogens is 278 g/mol. The van der Waals surface area contributed by atoms with E-state index in [9.17, 15) is 9.90 Å². The van der Waals surface area contributed by atoms with E-state index in [1.54, 1.807) is 26.0 Å². The highest BCUT2D eigenvalue weighted by Crippen LogP contribution is 2.48. The number of carbonyl (C=O) groups is 1. The van der Waals surface area contributed by atoms with E-state index in [2.05, 4.69) is 5.32 Å². The lowest BCUT2D eigenvalue weighted by Crippen LogP contribution is -2.43. The van der Waals surface area contributed by atoms with Crippen LogP contribution >= 0.6 is 11.8 Å². The number of carboxylic acid groups (broad SMARTS) is 1. The molecule has 0 bridgehead atoms. The molecule has 1 heterocycles. The summed E-state index contributed by atoms with van der Waals surface area (Å²) in [7, 11) is 3.20. The van der Waals surface area contributed by atoms with Gasteiger partial charge in [0.05, 0.1) is 19.6 Å². The number of thioether (sulfide) groups is 1. The van der Waals surface area contributed by atoms with Crippen LogP contribution in [0.5, 0.6) is 11.5 Å². The Labute approximate surface area is 122 Å². The monoisotopic (exact) mass is 297 g/mol. The van der Waals surface area contributed by atoms with E-state index >= 15 is 0 Å². The maximum Gasteiger partial charge on any atom is 0.322 e. The van der Waals surface area contributed by atoms with Crippen molar-refractivity contribution in [3.8, 4) is 11.5 Å². The largest absolute Gasteiger partial charge is 0.497 e. The molecule has 0 aliphatic carbocycles. The summed E-state index contributed by atoms with van der Waals surface area (Å²) in [6, 6.07) is 4.93. The zero-order valence-corrected chi connectivity index (χ0v) is 12.8. The molecule has 1 aliphatic rings. The lowest BCUT2D eigenvalue weighted by molar-refractivity contribution is -0.139. The highest BCUT2D eigenvalue weighted by Gasteiger charge is 2.46. The van der Waals surface area contributed by atoms with Crippen molar-refractivity contribution in [1.82, 2.24) is 5.32 Å². The molecule has 2 N–H and O–H groups in total. The number of nitrogens with one attached hydrogen (secondary N) is 1. The van der Waals surface area contributed by atoms with Crippen LogP contribution in [-0.2, 0) is 4.79 Å². The number of benzene rings is 1. The van der Waals surface area contributed by atoms with Gasteiger partial charge in [-0.25, -0.2) is 0 Å². The molecule has 0 spiro atoms. The number of methoxy groups -OCH3 is 2. The maximum atomic E-state index is 11.3. The maximum absolute atomic E-state index is 11.3. The normalized spacial score (nSPS) is 24.4. The van der Waals surface area contributed by atoms with Gasteiger partial charge in [0.2, 0.25) is 0 Å². The van der Waals surface area contributed by atoms with Crippen LogP contribution in [0, 0.1) is 0 Å². The van der Waals surface area contributed by atoms with Crippen molar-refractivity contribution in [1.29, 1.82) is 0 Å². The first kappa shape index (κ1) is 15.0. The molecule has 2 atom stereocenters. The van der Waals surface area contributed by atoms with Gasteiger partial charge in [-0.05, 0) is 32.0 Å². The molecule has 1 unspecified atom stereocenters. The van der Waals surface area contributed by atoms with Crippen LogP contribution in [-0.4, -0.2) is 36.1 Å². The molecular formula is C14H19NO4S. The highest BCUT2D eigenvalue weighted by atomic mass is 32.2. The van der Waals surface area contributed by atoms with Crippen LogP contribution in [0.2, 0.25) is 0 Å². The van der Waals surface area contributed by atoms with Crippen molar-refractivity contribution in [3.05, 3.63) is 23.8 Å². The summed E-state index contributed by atoms with van der Waals surface area (Å²) in [5.74, 6) is 0.601. The van der Waals surface area contributed by atoms with Crippen LogP contribution in [0.3, 0.4) is 0 Å². The molecule has 20 heavy (non-hydrogen) atoms. The molecule has 6 heteroatoms.